The van der Waals surface area contributed by atoms with Crippen molar-refractivity contribution < 1.29 is 18.3 Å². The summed E-state index contributed by atoms with van der Waals surface area (Å²) in [4.78, 5) is 22.9. The number of carbonyl (C=O) groups is 1. The van der Waals surface area contributed by atoms with Gasteiger partial charge in [-0.15, -0.1) is 0 Å². The van der Waals surface area contributed by atoms with E-state index < -0.39 is 11.6 Å². The summed E-state index contributed by atoms with van der Waals surface area (Å²) in [7, 11) is 0. The fourth-order valence-electron chi connectivity index (χ4n) is 5.77. The van der Waals surface area contributed by atoms with Gasteiger partial charge in [0.2, 0.25) is 0 Å². The van der Waals surface area contributed by atoms with Crippen molar-refractivity contribution in [2.24, 2.45) is 5.92 Å². The normalized spacial score (nSPS) is 15.0. The minimum atomic E-state index is -0.670. The SMILES string of the molecule is CC(C)(C)OC(=O)C(C1CCNCC1)n1cc2c(-c3ccc(F)cc3)c(-c3ccncc3)c(-c3ccc(F)cc3)nc2n1. The topological polar surface area (TPSA) is 81.9 Å². The number of nitrogens with one attached hydrogen (secondary N) is 1. The summed E-state index contributed by atoms with van der Waals surface area (Å²) in [6.45, 7) is 7.16. The molecule has 0 spiro atoms. The van der Waals surface area contributed by atoms with Crippen molar-refractivity contribution in [3.8, 4) is 33.5 Å². The van der Waals surface area contributed by atoms with Crippen molar-refractivity contribution in [3.05, 3.63) is 90.9 Å². The van der Waals surface area contributed by atoms with Crippen LogP contribution in [0.5, 0.6) is 0 Å². The quantitative estimate of drug-likeness (QED) is 0.218. The van der Waals surface area contributed by atoms with Crippen molar-refractivity contribution >= 4 is 17.0 Å². The molecule has 1 fully saturated rings. The van der Waals surface area contributed by atoms with Gasteiger partial charge in [0.15, 0.2) is 11.7 Å². The van der Waals surface area contributed by atoms with Gasteiger partial charge in [-0.25, -0.2) is 18.6 Å². The molecule has 7 nitrogen and oxygen atoms in total. The highest BCUT2D eigenvalue weighted by Gasteiger charge is 2.36. The zero-order valence-corrected chi connectivity index (χ0v) is 24.3. The number of halogens is 2. The van der Waals surface area contributed by atoms with Crippen LogP contribution in [0.25, 0.3) is 44.5 Å². The predicted octanol–water partition coefficient (Wildman–Crippen LogP) is 6.99. The Morgan fingerprint density at radius 1 is 0.884 bits per heavy atom. The average Bonchev–Trinajstić information content (AvgIpc) is 3.40. The first-order valence-electron chi connectivity index (χ1n) is 14.5. The number of pyridine rings is 2. The molecule has 5 aromatic rings. The molecule has 0 aliphatic carbocycles. The number of benzene rings is 2. The number of esters is 1. The van der Waals surface area contributed by atoms with Crippen LogP contribution in [0.3, 0.4) is 0 Å². The second-order valence-electron chi connectivity index (χ2n) is 11.9. The van der Waals surface area contributed by atoms with Crippen molar-refractivity contribution in [3.63, 3.8) is 0 Å². The number of carbonyl (C=O) groups excluding carboxylic acids is 1. The molecule has 1 N–H and O–H groups in total. The molecule has 2 aromatic carbocycles. The Bertz CT molecular complexity index is 1740. The number of hydrogen-bond donors (Lipinski definition) is 1. The van der Waals surface area contributed by atoms with Crippen LogP contribution >= 0.6 is 0 Å². The van der Waals surface area contributed by atoms with Gasteiger partial charge in [0, 0.05) is 40.7 Å². The molecule has 0 amide bonds. The molecule has 4 heterocycles. The molecular weight excluding hydrogens is 548 g/mol. The maximum absolute atomic E-state index is 14.1. The Balaban J connectivity index is 1.64. The summed E-state index contributed by atoms with van der Waals surface area (Å²) in [5.74, 6) is -1.05. The highest BCUT2D eigenvalue weighted by atomic mass is 19.1. The van der Waals surface area contributed by atoms with Gasteiger partial charge >= 0.3 is 5.97 Å². The van der Waals surface area contributed by atoms with Gasteiger partial charge in [0.1, 0.15) is 17.2 Å². The molecule has 9 heteroatoms. The molecule has 43 heavy (non-hydrogen) atoms. The van der Waals surface area contributed by atoms with Crippen LogP contribution in [0.2, 0.25) is 0 Å². The van der Waals surface area contributed by atoms with Gasteiger partial charge in [0.25, 0.3) is 0 Å². The lowest BCUT2D eigenvalue weighted by molar-refractivity contribution is -0.161. The third kappa shape index (κ3) is 6.03. The first-order valence-corrected chi connectivity index (χ1v) is 14.5. The number of fused-ring (bicyclic) bond motifs is 1. The summed E-state index contributed by atoms with van der Waals surface area (Å²) < 4.78 is 35.7. The molecule has 1 aliphatic rings. The zero-order chi connectivity index (χ0) is 30.1. The Kier molecular flexibility index (Phi) is 7.75. The number of hydrogen-bond acceptors (Lipinski definition) is 6. The van der Waals surface area contributed by atoms with E-state index >= 15 is 0 Å². The van der Waals surface area contributed by atoms with Gasteiger partial charge in [0.05, 0.1) is 5.69 Å². The Morgan fingerprint density at radius 3 is 2.07 bits per heavy atom. The van der Waals surface area contributed by atoms with Crippen LogP contribution < -0.4 is 5.32 Å². The Morgan fingerprint density at radius 2 is 1.47 bits per heavy atom. The van der Waals surface area contributed by atoms with Crippen LogP contribution in [-0.4, -0.2) is 44.4 Å². The number of rotatable bonds is 6. The minimum Gasteiger partial charge on any atom is -0.458 e. The van der Waals surface area contributed by atoms with Crippen LogP contribution in [0.4, 0.5) is 8.78 Å². The standard InChI is InChI=1S/C34H33F2N5O2/c1-34(2,3)43-33(42)31(24-14-18-38-19-15-24)41-20-27-28(21-4-8-25(35)9-5-21)29(22-12-16-37-17-13-22)30(39-32(27)40-41)23-6-10-26(36)11-7-23/h4-13,16-17,20,24,31,38H,14-15,18-19H2,1-3H3. The van der Waals surface area contributed by atoms with Gasteiger partial charge in [-0.1, -0.05) is 12.1 Å². The van der Waals surface area contributed by atoms with Crippen LogP contribution in [0.1, 0.15) is 39.7 Å². The maximum atomic E-state index is 14.1. The molecule has 3 aromatic heterocycles. The summed E-state index contributed by atoms with van der Waals surface area (Å²) in [6, 6.07) is 15.5. The summed E-state index contributed by atoms with van der Waals surface area (Å²) in [5, 5.41) is 8.97. The lowest BCUT2D eigenvalue weighted by Gasteiger charge is -2.31. The van der Waals surface area contributed by atoms with E-state index in [1.807, 2.05) is 39.1 Å². The predicted molar refractivity (Wildman–Crippen MR) is 162 cm³/mol. The van der Waals surface area contributed by atoms with E-state index in [0.717, 1.165) is 48.2 Å². The maximum Gasteiger partial charge on any atom is 0.331 e. The second kappa shape index (κ2) is 11.6. The lowest BCUT2D eigenvalue weighted by Crippen LogP contribution is -2.39. The lowest BCUT2D eigenvalue weighted by atomic mass is 9.89. The zero-order valence-electron chi connectivity index (χ0n) is 24.3. The molecule has 1 unspecified atom stereocenters. The third-order valence-corrected chi connectivity index (χ3v) is 7.67. The van der Waals surface area contributed by atoms with E-state index in [1.54, 1.807) is 41.3 Å². The van der Waals surface area contributed by atoms with Crippen molar-refractivity contribution in [1.29, 1.82) is 0 Å². The van der Waals surface area contributed by atoms with E-state index in [1.165, 1.54) is 24.3 Å². The highest BCUT2D eigenvalue weighted by molar-refractivity contribution is 6.06. The van der Waals surface area contributed by atoms with Gasteiger partial charge in [-0.2, -0.15) is 5.10 Å². The fraction of sp³-hybridized carbons (Fsp3) is 0.294. The molecule has 0 radical (unpaired) electrons. The number of ether oxygens (including phenoxy) is 1. The van der Waals surface area contributed by atoms with Crippen molar-refractivity contribution in [2.45, 2.75) is 45.3 Å². The number of nitrogens with zero attached hydrogens (tertiary/aromatic N) is 4. The summed E-state index contributed by atoms with van der Waals surface area (Å²) in [5.41, 5.74) is 4.14. The molecule has 220 valence electrons. The van der Waals surface area contributed by atoms with Crippen molar-refractivity contribution in [1.82, 2.24) is 25.1 Å². The molecule has 0 bridgehead atoms. The van der Waals surface area contributed by atoms with Crippen LogP contribution in [0, 0.1) is 17.6 Å². The monoisotopic (exact) mass is 581 g/mol. The molecule has 1 aliphatic heterocycles. The molecule has 1 atom stereocenters. The van der Waals surface area contributed by atoms with Crippen LogP contribution in [-0.2, 0) is 9.53 Å². The molecule has 6 rings (SSSR count). The average molecular weight is 582 g/mol. The largest absolute Gasteiger partial charge is 0.458 e. The molecular formula is C34H33F2N5O2. The number of piperidine rings is 1. The molecule has 1 saturated heterocycles. The van der Waals surface area contributed by atoms with E-state index in [-0.39, 0.29) is 23.5 Å². The van der Waals surface area contributed by atoms with E-state index in [2.05, 4.69) is 10.3 Å². The van der Waals surface area contributed by atoms with E-state index in [4.69, 9.17) is 14.8 Å². The third-order valence-electron chi connectivity index (χ3n) is 7.67. The Hall–Kier alpha value is -4.50. The Labute approximate surface area is 248 Å². The van der Waals surface area contributed by atoms with Gasteiger partial charge in [-0.3, -0.25) is 9.67 Å². The summed E-state index contributed by atoms with van der Waals surface area (Å²) >= 11 is 0. The van der Waals surface area contributed by atoms with Crippen LogP contribution in [0.15, 0.2) is 79.3 Å². The second-order valence-corrected chi connectivity index (χ2v) is 11.9. The van der Waals surface area contributed by atoms with Gasteiger partial charge < -0.3 is 10.1 Å². The molecule has 0 saturated carbocycles. The van der Waals surface area contributed by atoms with E-state index in [9.17, 15) is 13.6 Å². The highest BCUT2D eigenvalue weighted by Crippen LogP contribution is 2.43. The van der Waals surface area contributed by atoms with E-state index in [0.29, 0.717) is 22.3 Å². The fourth-order valence-corrected chi connectivity index (χ4v) is 5.77. The smallest absolute Gasteiger partial charge is 0.331 e. The first-order chi connectivity index (χ1) is 20.7. The number of aromatic nitrogens is 4. The first kappa shape index (κ1) is 28.6. The van der Waals surface area contributed by atoms with Gasteiger partial charge in [-0.05, 0) is 112 Å². The summed E-state index contributed by atoms with van der Waals surface area (Å²) in [6.07, 6.45) is 6.84. The van der Waals surface area contributed by atoms with Crippen molar-refractivity contribution in [2.75, 3.05) is 13.1 Å². The minimum absolute atomic E-state index is 0.0101.